The summed E-state index contributed by atoms with van der Waals surface area (Å²) in [6.45, 7) is 3.25. The lowest BCUT2D eigenvalue weighted by Gasteiger charge is -2.24. The van der Waals surface area contributed by atoms with Crippen LogP contribution in [0.4, 0.5) is 0 Å². The fourth-order valence-electron chi connectivity index (χ4n) is 0.836. The second-order valence-corrected chi connectivity index (χ2v) is 5.87. The van der Waals surface area contributed by atoms with Crippen molar-refractivity contribution < 1.29 is 8.42 Å². The minimum Gasteiger partial charge on any atom is -0.392 e. The average Bonchev–Trinajstić information content (AvgIpc) is 2.67. The fourth-order valence-corrected chi connectivity index (χ4v) is 2.47. The number of nitrogens with two attached hydrogens (primary N) is 1. The number of hydrogen-bond donors (Lipinski definition) is 3. The molecule has 0 aromatic rings. The van der Waals surface area contributed by atoms with Gasteiger partial charge in [-0.25, -0.2) is 0 Å². The van der Waals surface area contributed by atoms with Crippen molar-refractivity contribution in [2.45, 2.75) is 38.3 Å². The van der Waals surface area contributed by atoms with Gasteiger partial charge in [0.05, 0.1) is 10.5 Å². The number of thiocarbonyl (C=S) groups is 1. The van der Waals surface area contributed by atoms with E-state index >= 15 is 0 Å². The summed E-state index contributed by atoms with van der Waals surface area (Å²) in [5, 5.41) is 0. The molecule has 1 saturated carbocycles. The van der Waals surface area contributed by atoms with Crippen LogP contribution >= 0.6 is 12.2 Å². The van der Waals surface area contributed by atoms with Crippen molar-refractivity contribution >= 4 is 27.4 Å². The molecule has 1 aliphatic carbocycles. The molecule has 0 aromatic heterocycles. The lowest BCUT2D eigenvalue weighted by Crippen LogP contribution is -2.55. The molecule has 0 saturated heterocycles. The smallest absolute Gasteiger partial charge is 0.278 e. The summed E-state index contributed by atoms with van der Waals surface area (Å²) in [6.07, 6.45) is 1.79. The highest BCUT2D eigenvalue weighted by molar-refractivity contribution is 7.87. The number of nitrogens with one attached hydrogen (secondary N) is 2. The van der Waals surface area contributed by atoms with Gasteiger partial charge in [-0.15, -0.1) is 0 Å². The van der Waals surface area contributed by atoms with Crippen molar-refractivity contribution in [3.63, 3.8) is 0 Å². The second kappa shape index (κ2) is 3.73. The molecule has 0 heterocycles. The van der Waals surface area contributed by atoms with E-state index in [2.05, 4.69) is 9.44 Å². The first-order valence-corrected chi connectivity index (χ1v) is 6.23. The molecule has 82 valence electrons. The quantitative estimate of drug-likeness (QED) is 0.570. The van der Waals surface area contributed by atoms with Crippen molar-refractivity contribution in [2.75, 3.05) is 0 Å². The van der Waals surface area contributed by atoms with Crippen molar-refractivity contribution in [2.24, 2.45) is 5.73 Å². The van der Waals surface area contributed by atoms with Gasteiger partial charge < -0.3 is 5.73 Å². The molecule has 5 nitrogen and oxygen atoms in total. The van der Waals surface area contributed by atoms with Crippen LogP contribution in [-0.4, -0.2) is 25.0 Å². The highest BCUT2D eigenvalue weighted by Crippen LogP contribution is 2.19. The molecule has 4 N–H and O–H groups in total. The van der Waals surface area contributed by atoms with Crippen LogP contribution in [-0.2, 0) is 10.2 Å². The van der Waals surface area contributed by atoms with Gasteiger partial charge in [0.2, 0.25) is 0 Å². The lowest BCUT2D eigenvalue weighted by molar-refractivity contribution is 0.532. The maximum Gasteiger partial charge on any atom is 0.278 e. The molecule has 7 heteroatoms. The zero-order valence-electron chi connectivity index (χ0n) is 8.20. The van der Waals surface area contributed by atoms with E-state index in [0.717, 1.165) is 12.8 Å². The summed E-state index contributed by atoms with van der Waals surface area (Å²) in [5.74, 6) is 0. The van der Waals surface area contributed by atoms with E-state index in [1.165, 1.54) is 0 Å². The first-order valence-electron chi connectivity index (χ1n) is 4.34. The van der Waals surface area contributed by atoms with E-state index in [1.54, 1.807) is 13.8 Å². The molecule has 0 spiro atoms. The van der Waals surface area contributed by atoms with Gasteiger partial charge in [-0.05, 0) is 26.7 Å². The maximum atomic E-state index is 11.5. The van der Waals surface area contributed by atoms with Gasteiger partial charge in [-0.3, -0.25) is 0 Å². The zero-order valence-corrected chi connectivity index (χ0v) is 9.83. The van der Waals surface area contributed by atoms with Gasteiger partial charge in [-0.2, -0.15) is 17.9 Å². The van der Waals surface area contributed by atoms with E-state index in [-0.39, 0.29) is 11.0 Å². The predicted octanol–water partition coefficient (Wildman–Crippen LogP) is -0.362. The van der Waals surface area contributed by atoms with Gasteiger partial charge in [0.15, 0.2) is 0 Å². The first kappa shape index (κ1) is 11.8. The molecular weight excluding hydrogens is 222 g/mol. The summed E-state index contributed by atoms with van der Waals surface area (Å²) < 4.78 is 27.8. The molecule has 0 unspecified atom stereocenters. The summed E-state index contributed by atoms with van der Waals surface area (Å²) >= 11 is 4.75. The fraction of sp³-hybridized carbons (Fsp3) is 0.857. The van der Waals surface area contributed by atoms with E-state index < -0.39 is 15.7 Å². The average molecular weight is 237 g/mol. The number of rotatable bonds is 5. The van der Waals surface area contributed by atoms with Crippen LogP contribution in [0.25, 0.3) is 0 Å². The summed E-state index contributed by atoms with van der Waals surface area (Å²) in [7, 11) is -3.49. The third-order valence-electron chi connectivity index (χ3n) is 1.90. The molecule has 0 aromatic carbocycles. The van der Waals surface area contributed by atoms with E-state index in [4.69, 9.17) is 18.0 Å². The third-order valence-corrected chi connectivity index (χ3v) is 3.84. The lowest BCUT2D eigenvalue weighted by atomic mass is 10.1. The van der Waals surface area contributed by atoms with Crippen LogP contribution < -0.4 is 15.2 Å². The molecule has 0 atom stereocenters. The molecular formula is C7H15N3O2S2. The minimum absolute atomic E-state index is 0.0784. The molecule has 0 aliphatic heterocycles. The predicted molar refractivity (Wildman–Crippen MR) is 59.1 cm³/mol. The van der Waals surface area contributed by atoms with Crippen molar-refractivity contribution in [1.82, 2.24) is 9.44 Å². The maximum absolute atomic E-state index is 11.5. The Morgan fingerprint density at radius 3 is 2.36 bits per heavy atom. The largest absolute Gasteiger partial charge is 0.392 e. The Morgan fingerprint density at radius 2 is 2.00 bits per heavy atom. The van der Waals surface area contributed by atoms with E-state index in [0.29, 0.717) is 0 Å². The molecule has 0 radical (unpaired) electrons. The number of hydrogen-bond acceptors (Lipinski definition) is 3. The molecule has 1 fully saturated rings. The van der Waals surface area contributed by atoms with Crippen molar-refractivity contribution in [3.8, 4) is 0 Å². The molecule has 14 heavy (non-hydrogen) atoms. The highest BCUT2D eigenvalue weighted by atomic mass is 32.2. The Kier molecular flexibility index (Phi) is 3.15. The Hall–Kier alpha value is -0.240. The van der Waals surface area contributed by atoms with Crippen molar-refractivity contribution in [3.05, 3.63) is 0 Å². The monoisotopic (exact) mass is 237 g/mol. The minimum atomic E-state index is -3.49. The van der Waals surface area contributed by atoms with Gasteiger partial charge in [0, 0.05) is 6.04 Å². The van der Waals surface area contributed by atoms with Crippen LogP contribution in [0.15, 0.2) is 0 Å². The van der Waals surface area contributed by atoms with Crippen LogP contribution in [0.2, 0.25) is 0 Å². The Labute approximate surface area is 89.6 Å². The van der Waals surface area contributed by atoms with Gasteiger partial charge in [0.25, 0.3) is 10.2 Å². The van der Waals surface area contributed by atoms with Crippen molar-refractivity contribution in [1.29, 1.82) is 0 Å². The topological polar surface area (TPSA) is 84.2 Å². The zero-order chi connectivity index (χ0) is 11.0. The Morgan fingerprint density at radius 1 is 1.50 bits per heavy atom. The first-order chi connectivity index (χ1) is 6.23. The third kappa shape index (κ3) is 3.49. The molecule has 1 rings (SSSR count). The standard InChI is InChI=1S/C7H15N3O2S2/c1-7(2,6(8)13)10-14(11,12)9-5-3-4-5/h5,9-10H,3-4H2,1-2H3,(H2,8,13). The van der Waals surface area contributed by atoms with Crippen LogP contribution in [0, 0.1) is 0 Å². The molecule has 0 amide bonds. The normalized spacial score (nSPS) is 18.1. The Bertz CT molecular complexity index is 333. The van der Waals surface area contributed by atoms with E-state index in [9.17, 15) is 8.42 Å². The summed E-state index contributed by atoms with van der Waals surface area (Å²) in [5.41, 5.74) is 4.51. The van der Waals surface area contributed by atoms with Gasteiger partial charge in [-0.1, -0.05) is 12.2 Å². The van der Waals surface area contributed by atoms with Gasteiger partial charge in [0.1, 0.15) is 0 Å². The summed E-state index contributed by atoms with van der Waals surface area (Å²) in [4.78, 5) is 0.124. The van der Waals surface area contributed by atoms with Crippen LogP contribution in [0.5, 0.6) is 0 Å². The molecule has 0 bridgehead atoms. The van der Waals surface area contributed by atoms with E-state index in [1.807, 2.05) is 0 Å². The Balaban J connectivity index is 2.61. The summed E-state index contributed by atoms with van der Waals surface area (Å²) in [6, 6.07) is 0.0784. The highest BCUT2D eigenvalue weighted by Gasteiger charge is 2.32. The van der Waals surface area contributed by atoms with Crippen LogP contribution in [0.3, 0.4) is 0 Å². The molecule has 1 aliphatic rings. The second-order valence-electron chi connectivity index (χ2n) is 3.99. The SMILES string of the molecule is CC(C)(NS(=O)(=O)NC1CC1)C(N)=S. The van der Waals surface area contributed by atoms with Crippen LogP contribution in [0.1, 0.15) is 26.7 Å². The van der Waals surface area contributed by atoms with Gasteiger partial charge >= 0.3 is 0 Å².